The van der Waals surface area contributed by atoms with Crippen molar-refractivity contribution >= 4 is 21.6 Å². The molecule has 2 rings (SSSR count). The summed E-state index contributed by atoms with van der Waals surface area (Å²) in [6, 6.07) is 4.21. The van der Waals surface area contributed by atoms with Crippen molar-refractivity contribution in [2.24, 2.45) is 0 Å². The first-order valence-corrected chi connectivity index (χ1v) is 6.51. The maximum absolute atomic E-state index is 11.7. The lowest BCUT2D eigenvalue weighted by molar-refractivity contribution is -0.385. The monoisotopic (exact) mass is 355 g/mol. The highest BCUT2D eigenvalue weighted by atomic mass is 79.9. The van der Waals surface area contributed by atoms with Crippen LogP contribution in [0.3, 0.4) is 0 Å². The van der Waals surface area contributed by atoms with Crippen LogP contribution in [0.5, 0.6) is 5.75 Å². The molecule has 1 N–H and O–H groups in total. The van der Waals surface area contributed by atoms with Crippen molar-refractivity contribution in [3.63, 3.8) is 0 Å². The minimum absolute atomic E-state index is 0.0618. The fraction of sp³-hybridized carbons (Fsp3) is 0.167. The minimum atomic E-state index is -0.603. The van der Waals surface area contributed by atoms with E-state index in [0.717, 1.165) is 0 Å². The van der Waals surface area contributed by atoms with Gasteiger partial charge in [0.1, 0.15) is 5.75 Å². The predicted molar refractivity (Wildman–Crippen MR) is 77.8 cm³/mol. The molecule has 2 aromatic rings. The SMILES string of the molecule is COc1cc(Cn2cc(Br)c(=O)[nH]c2=O)cc([N+](=O)[O-])c1. The van der Waals surface area contributed by atoms with E-state index in [4.69, 9.17) is 4.74 Å². The van der Waals surface area contributed by atoms with Crippen molar-refractivity contribution in [1.29, 1.82) is 0 Å². The fourth-order valence-corrected chi connectivity index (χ4v) is 2.10. The van der Waals surface area contributed by atoms with Gasteiger partial charge in [0, 0.05) is 12.3 Å². The Bertz CT molecular complexity index is 811. The average Bonchev–Trinajstić information content (AvgIpc) is 2.44. The summed E-state index contributed by atoms with van der Waals surface area (Å²) in [6.07, 6.45) is 1.33. The molecule has 0 unspecified atom stereocenters. The first-order valence-electron chi connectivity index (χ1n) is 5.72. The van der Waals surface area contributed by atoms with Gasteiger partial charge < -0.3 is 4.74 Å². The number of methoxy groups -OCH3 is 1. The van der Waals surface area contributed by atoms with E-state index >= 15 is 0 Å². The van der Waals surface area contributed by atoms with Crippen LogP contribution < -0.4 is 16.0 Å². The van der Waals surface area contributed by atoms with E-state index in [1.165, 1.54) is 30.0 Å². The third kappa shape index (κ3) is 3.37. The van der Waals surface area contributed by atoms with Crippen molar-refractivity contribution in [2.45, 2.75) is 6.54 Å². The lowest BCUT2D eigenvalue weighted by atomic mass is 10.2. The molecular weight excluding hydrogens is 346 g/mol. The lowest BCUT2D eigenvalue weighted by Gasteiger charge is -2.07. The van der Waals surface area contributed by atoms with Gasteiger partial charge in [-0.2, -0.15) is 0 Å². The van der Waals surface area contributed by atoms with Crippen LogP contribution in [0.15, 0.2) is 38.5 Å². The minimum Gasteiger partial charge on any atom is -0.496 e. The number of hydrogen-bond donors (Lipinski definition) is 1. The largest absolute Gasteiger partial charge is 0.496 e. The Morgan fingerprint density at radius 1 is 1.38 bits per heavy atom. The van der Waals surface area contributed by atoms with Crippen molar-refractivity contribution in [2.75, 3.05) is 7.11 Å². The van der Waals surface area contributed by atoms with Crippen LogP contribution in [0, 0.1) is 10.1 Å². The molecule has 0 spiro atoms. The van der Waals surface area contributed by atoms with Crippen LogP contribution >= 0.6 is 15.9 Å². The maximum atomic E-state index is 11.7. The Kier molecular flexibility index (Phi) is 4.22. The number of halogens is 1. The van der Waals surface area contributed by atoms with Gasteiger partial charge in [-0.1, -0.05) is 0 Å². The molecule has 0 aliphatic carbocycles. The summed E-state index contributed by atoms with van der Waals surface area (Å²) < 4.78 is 6.42. The Balaban J connectivity index is 2.46. The highest BCUT2D eigenvalue weighted by molar-refractivity contribution is 9.10. The van der Waals surface area contributed by atoms with Gasteiger partial charge in [0.25, 0.3) is 11.2 Å². The average molecular weight is 356 g/mol. The molecule has 0 aliphatic heterocycles. The van der Waals surface area contributed by atoms with Gasteiger partial charge in [-0.25, -0.2) is 4.79 Å². The second-order valence-electron chi connectivity index (χ2n) is 4.16. The van der Waals surface area contributed by atoms with E-state index in [2.05, 4.69) is 20.9 Å². The zero-order valence-electron chi connectivity index (χ0n) is 10.8. The van der Waals surface area contributed by atoms with Gasteiger partial charge in [0.05, 0.1) is 29.1 Å². The van der Waals surface area contributed by atoms with Crippen molar-refractivity contribution in [1.82, 2.24) is 9.55 Å². The van der Waals surface area contributed by atoms with Crippen LogP contribution in [0.1, 0.15) is 5.56 Å². The second kappa shape index (κ2) is 5.92. The highest BCUT2D eigenvalue weighted by Gasteiger charge is 2.11. The second-order valence-corrected chi connectivity index (χ2v) is 5.01. The molecule has 0 bridgehead atoms. The summed E-state index contributed by atoms with van der Waals surface area (Å²) in [6.45, 7) is 0.0618. The van der Waals surface area contributed by atoms with E-state index in [1.54, 1.807) is 6.07 Å². The third-order valence-corrected chi connectivity index (χ3v) is 3.28. The van der Waals surface area contributed by atoms with Crippen LogP contribution in [0.4, 0.5) is 5.69 Å². The number of benzene rings is 1. The molecule has 1 heterocycles. The zero-order chi connectivity index (χ0) is 15.6. The summed E-state index contributed by atoms with van der Waals surface area (Å²) >= 11 is 3.02. The summed E-state index contributed by atoms with van der Waals surface area (Å²) in [5, 5.41) is 10.9. The molecule has 0 radical (unpaired) electrons. The summed E-state index contributed by atoms with van der Waals surface area (Å²) in [4.78, 5) is 35.4. The van der Waals surface area contributed by atoms with E-state index in [1.807, 2.05) is 0 Å². The van der Waals surface area contributed by atoms with E-state index in [-0.39, 0.29) is 16.7 Å². The number of nitrogens with zero attached hydrogens (tertiary/aromatic N) is 2. The lowest BCUT2D eigenvalue weighted by Crippen LogP contribution is -2.30. The van der Waals surface area contributed by atoms with E-state index in [9.17, 15) is 19.7 Å². The smallest absolute Gasteiger partial charge is 0.328 e. The third-order valence-electron chi connectivity index (χ3n) is 2.72. The molecule has 0 saturated heterocycles. The van der Waals surface area contributed by atoms with Gasteiger partial charge in [-0.05, 0) is 27.6 Å². The van der Waals surface area contributed by atoms with E-state index in [0.29, 0.717) is 11.3 Å². The number of nitrogens with one attached hydrogen (secondary N) is 1. The first-order chi connectivity index (χ1) is 9.90. The Hall–Kier alpha value is -2.42. The van der Waals surface area contributed by atoms with Gasteiger partial charge in [0.2, 0.25) is 0 Å². The number of rotatable bonds is 4. The molecule has 0 atom stereocenters. The molecular formula is C12H10BrN3O5. The first kappa shape index (κ1) is 15.0. The number of H-pyrrole nitrogens is 1. The number of aromatic nitrogens is 2. The molecule has 1 aromatic carbocycles. The molecule has 8 nitrogen and oxygen atoms in total. The topological polar surface area (TPSA) is 107 Å². The normalized spacial score (nSPS) is 10.4. The number of nitro benzene ring substituents is 1. The summed E-state index contributed by atoms with van der Waals surface area (Å²) in [5.41, 5.74) is -0.774. The number of hydrogen-bond acceptors (Lipinski definition) is 5. The fourth-order valence-electron chi connectivity index (χ4n) is 1.75. The van der Waals surface area contributed by atoms with Crippen molar-refractivity contribution in [3.05, 3.63) is 65.4 Å². The molecule has 0 fully saturated rings. The number of aromatic amines is 1. The molecule has 21 heavy (non-hydrogen) atoms. The highest BCUT2D eigenvalue weighted by Crippen LogP contribution is 2.22. The van der Waals surface area contributed by atoms with Gasteiger partial charge in [-0.15, -0.1) is 0 Å². The standard InChI is InChI=1S/C12H10BrN3O5/c1-21-9-3-7(2-8(4-9)16(19)20)5-15-6-10(13)11(17)14-12(15)18/h2-4,6H,5H2,1H3,(H,14,17,18). The molecule has 0 saturated carbocycles. The number of non-ortho nitro benzene ring substituents is 1. The number of nitro groups is 1. The molecule has 0 aliphatic rings. The molecule has 9 heteroatoms. The molecule has 0 amide bonds. The molecule has 110 valence electrons. The molecule has 1 aromatic heterocycles. The Labute approximate surface area is 126 Å². The zero-order valence-corrected chi connectivity index (χ0v) is 12.4. The van der Waals surface area contributed by atoms with Crippen LogP contribution in [-0.4, -0.2) is 21.6 Å². The van der Waals surface area contributed by atoms with E-state index < -0.39 is 16.2 Å². The van der Waals surface area contributed by atoms with Crippen molar-refractivity contribution in [3.8, 4) is 5.75 Å². The van der Waals surface area contributed by atoms with Gasteiger partial charge in [-0.3, -0.25) is 24.5 Å². The Morgan fingerprint density at radius 2 is 2.10 bits per heavy atom. The van der Waals surface area contributed by atoms with Gasteiger partial charge >= 0.3 is 5.69 Å². The van der Waals surface area contributed by atoms with Crippen LogP contribution in [-0.2, 0) is 6.54 Å². The van der Waals surface area contributed by atoms with Crippen molar-refractivity contribution < 1.29 is 9.66 Å². The predicted octanol–water partition coefficient (Wildman–Crippen LogP) is 1.26. The van der Waals surface area contributed by atoms with Crippen LogP contribution in [0.25, 0.3) is 0 Å². The van der Waals surface area contributed by atoms with Gasteiger partial charge in [0.15, 0.2) is 0 Å². The maximum Gasteiger partial charge on any atom is 0.328 e. The summed E-state index contributed by atoms with van der Waals surface area (Å²) in [7, 11) is 1.39. The quantitative estimate of drug-likeness (QED) is 0.656. The van der Waals surface area contributed by atoms with Crippen LogP contribution in [0.2, 0.25) is 0 Å². The Morgan fingerprint density at radius 3 is 2.71 bits per heavy atom. The summed E-state index contributed by atoms with van der Waals surface area (Å²) in [5.74, 6) is 0.315. The number of ether oxygens (including phenoxy) is 1.